The molecule has 1 aromatic heterocycles. The molecule has 0 bridgehead atoms. The summed E-state index contributed by atoms with van der Waals surface area (Å²) in [5.41, 5.74) is 3.53. The molecule has 0 fully saturated rings. The predicted octanol–water partition coefficient (Wildman–Crippen LogP) is 1.40. The molecule has 0 aliphatic carbocycles. The Balaban J connectivity index is 2.20. The number of nitrogens with zero attached hydrogens (tertiary/aromatic N) is 3. The van der Waals surface area contributed by atoms with Crippen molar-refractivity contribution in [2.24, 2.45) is 5.84 Å². The van der Waals surface area contributed by atoms with Crippen LogP contribution in [0.25, 0.3) is 11.4 Å². The molecule has 0 saturated carbocycles. The molecule has 6 heteroatoms. The molecular formula is C14H20N6. The molecule has 20 heavy (non-hydrogen) atoms. The van der Waals surface area contributed by atoms with E-state index in [9.17, 15) is 0 Å². The van der Waals surface area contributed by atoms with Crippen LogP contribution in [0.15, 0.2) is 36.4 Å². The molecule has 0 saturated heterocycles. The minimum absolute atomic E-state index is 0.589. The second-order valence-electron chi connectivity index (χ2n) is 4.70. The Labute approximate surface area is 119 Å². The first-order valence-corrected chi connectivity index (χ1v) is 6.49. The van der Waals surface area contributed by atoms with Gasteiger partial charge in [-0.1, -0.05) is 30.3 Å². The molecule has 2 rings (SSSR count). The minimum Gasteiger partial charge on any atom is -0.369 e. The third-order valence-electron chi connectivity index (χ3n) is 2.77. The van der Waals surface area contributed by atoms with Crippen LogP contribution in [0.3, 0.4) is 0 Å². The summed E-state index contributed by atoms with van der Waals surface area (Å²) in [4.78, 5) is 11.0. The van der Waals surface area contributed by atoms with E-state index in [1.165, 1.54) is 0 Å². The van der Waals surface area contributed by atoms with Crippen molar-refractivity contribution in [1.82, 2.24) is 14.9 Å². The lowest BCUT2D eigenvalue weighted by Crippen LogP contribution is -2.21. The molecule has 0 unspecified atom stereocenters. The van der Waals surface area contributed by atoms with Crippen molar-refractivity contribution < 1.29 is 0 Å². The number of benzene rings is 1. The number of hydrazine groups is 1. The second-order valence-corrected chi connectivity index (χ2v) is 4.70. The lowest BCUT2D eigenvalue weighted by Gasteiger charge is -2.12. The summed E-state index contributed by atoms with van der Waals surface area (Å²) in [6.07, 6.45) is 0. The van der Waals surface area contributed by atoms with Crippen molar-refractivity contribution in [3.63, 3.8) is 0 Å². The average molecular weight is 272 g/mol. The Bertz CT molecular complexity index is 541. The van der Waals surface area contributed by atoms with E-state index < -0.39 is 0 Å². The van der Waals surface area contributed by atoms with E-state index in [1.807, 2.05) is 44.4 Å². The van der Waals surface area contributed by atoms with Crippen LogP contribution in [0.5, 0.6) is 0 Å². The molecular weight excluding hydrogens is 252 g/mol. The quantitative estimate of drug-likeness (QED) is 0.545. The van der Waals surface area contributed by atoms with Crippen LogP contribution < -0.4 is 16.6 Å². The van der Waals surface area contributed by atoms with Crippen molar-refractivity contribution >= 4 is 11.6 Å². The fourth-order valence-corrected chi connectivity index (χ4v) is 1.74. The molecule has 0 amide bonds. The Kier molecular flexibility index (Phi) is 4.86. The highest BCUT2D eigenvalue weighted by atomic mass is 15.3. The average Bonchev–Trinajstić information content (AvgIpc) is 2.47. The molecule has 4 N–H and O–H groups in total. The smallest absolute Gasteiger partial charge is 0.163 e. The largest absolute Gasteiger partial charge is 0.369 e. The molecule has 1 aromatic carbocycles. The van der Waals surface area contributed by atoms with E-state index in [0.29, 0.717) is 11.6 Å². The van der Waals surface area contributed by atoms with Crippen LogP contribution in [0.1, 0.15) is 0 Å². The van der Waals surface area contributed by atoms with Gasteiger partial charge in [0.2, 0.25) is 0 Å². The zero-order chi connectivity index (χ0) is 14.4. The third-order valence-corrected chi connectivity index (χ3v) is 2.77. The molecule has 0 atom stereocenters. The molecule has 0 radical (unpaired) electrons. The number of nitrogens with two attached hydrogens (primary N) is 1. The summed E-state index contributed by atoms with van der Waals surface area (Å²) in [6.45, 7) is 1.73. The van der Waals surface area contributed by atoms with E-state index >= 15 is 0 Å². The fraction of sp³-hybridized carbons (Fsp3) is 0.286. The van der Waals surface area contributed by atoms with Crippen molar-refractivity contribution in [2.75, 3.05) is 37.9 Å². The minimum atomic E-state index is 0.589. The van der Waals surface area contributed by atoms with Gasteiger partial charge in [0.05, 0.1) is 0 Å². The molecule has 2 aromatic rings. The van der Waals surface area contributed by atoms with Gasteiger partial charge >= 0.3 is 0 Å². The Morgan fingerprint density at radius 1 is 1.10 bits per heavy atom. The number of hydrogen-bond donors (Lipinski definition) is 3. The Morgan fingerprint density at radius 2 is 1.80 bits per heavy atom. The lowest BCUT2D eigenvalue weighted by molar-refractivity contribution is 0.425. The van der Waals surface area contributed by atoms with Crippen LogP contribution in [-0.2, 0) is 0 Å². The summed E-state index contributed by atoms with van der Waals surface area (Å²) in [6, 6.07) is 11.6. The first kappa shape index (κ1) is 14.2. The fourth-order valence-electron chi connectivity index (χ4n) is 1.74. The summed E-state index contributed by atoms with van der Waals surface area (Å²) < 4.78 is 0. The van der Waals surface area contributed by atoms with Gasteiger partial charge in [0.25, 0.3) is 0 Å². The van der Waals surface area contributed by atoms with E-state index in [1.54, 1.807) is 6.07 Å². The van der Waals surface area contributed by atoms with Crippen LogP contribution in [0, 0.1) is 0 Å². The van der Waals surface area contributed by atoms with Crippen LogP contribution in [-0.4, -0.2) is 42.1 Å². The summed E-state index contributed by atoms with van der Waals surface area (Å²) in [5, 5.41) is 3.27. The van der Waals surface area contributed by atoms with Gasteiger partial charge in [-0.3, -0.25) is 0 Å². The molecule has 0 aliphatic heterocycles. The number of hydrogen-bond acceptors (Lipinski definition) is 6. The van der Waals surface area contributed by atoms with Crippen molar-refractivity contribution in [3.8, 4) is 11.4 Å². The Morgan fingerprint density at radius 3 is 2.45 bits per heavy atom. The summed E-state index contributed by atoms with van der Waals surface area (Å²) >= 11 is 0. The number of nitrogens with one attached hydrogen (secondary N) is 2. The zero-order valence-corrected chi connectivity index (χ0v) is 11.8. The highest BCUT2D eigenvalue weighted by Gasteiger charge is 2.06. The number of rotatable bonds is 6. The second kappa shape index (κ2) is 6.83. The van der Waals surface area contributed by atoms with E-state index in [4.69, 9.17) is 5.84 Å². The van der Waals surface area contributed by atoms with E-state index in [-0.39, 0.29) is 0 Å². The maximum Gasteiger partial charge on any atom is 0.163 e. The van der Waals surface area contributed by atoms with E-state index in [0.717, 1.165) is 24.5 Å². The maximum absolute atomic E-state index is 5.47. The number of nitrogen functional groups attached to an aromatic ring is 1. The van der Waals surface area contributed by atoms with Gasteiger partial charge in [-0.2, -0.15) is 0 Å². The highest BCUT2D eigenvalue weighted by Crippen LogP contribution is 2.19. The lowest BCUT2D eigenvalue weighted by atomic mass is 10.2. The van der Waals surface area contributed by atoms with Crippen LogP contribution in [0.4, 0.5) is 11.6 Å². The highest BCUT2D eigenvalue weighted by molar-refractivity contribution is 5.60. The SMILES string of the molecule is CN(C)CCNc1cc(NN)nc(-c2ccccc2)n1. The normalized spacial score (nSPS) is 10.6. The van der Waals surface area contributed by atoms with Gasteiger partial charge in [0, 0.05) is 24.7 Å². The van der Waals surface area contributed by atoms with Crippen molar-refractivity contribution in [1.29, 1.82) is 0 Å². The maximum atomic E-state index is 5.47. The standard InChI is InChI=1S/C14H20N6/c1-20(2)9-8-16-12-10-13(19-15)18-14(17-12)11-6-4-3-5-7-11/h3-7,10H,8-9,15H2,1-2H3,(H2,16,17,18,19). The number of aromatic nitrogens is 2. The van der Waals surface area contributed by atoms with Crippen LogP contribution in [0.2, 0.25) is 0 Å². The third kappa shape index (κ3) is 3.91. The summed E-state index contributed by atoms with van der Waals surface area (Å²) in [5.74, 6) is 7.46. The monoisotopic (exact) mass is 272 g/mol. The molecule has 0 aliphatic rings. The van der Waals surface area contributed by atoms with Gasteiger partial charge in [-0.05, 0) is 14.1 Å². The summed E-state index contributed by atoms with van der Waals surface area (Å²) in [7, 11) is 4.06. The topological polar surface area (TPSA) is 79.1 Å². The molecule has 106 valence electrons. The Hall–Kier alpha value is -2.18. The zero-order valence-electron chi connectivity index (χ0n) is 11.8. The van der Waals surface area contributed by atoms with Gasteiger partial charge in [-0.25, -0.2) is 15.8 Å². The first-order valence-electron chi connectivity index (χ1n) is 6.49. The van der Waals surface area contributed by atoms with Gasteiger partial charge in [-0.15, -0.1) is 0 Å². The van der Waals surface area contributed by atoms with Gasteiger partial charge in [0.1, 0.15) is 11.6 Å². The molecule has 6 nitrogen and oxygen atoms in total. The van der Waals surface area contributed by atoms with Crippen molar-refractivity contribution in [3.05, 3.63) is 36.4 Å². The number of anilines is 2. The van der Waals surface area contributed by atoms with Gasteiger partial charge in [0.15, 0.2) is 5.82 Å². The first-order chi connectivity index (χ1) is 9.69. The van der Waals surface area contributed by atoms with Gasteiger partial charge < -0.3 is 15.6 Å². The van der Waals surface area contributed by atoms with Crippen molar-refractivity contribution in [2.45, 2.75) is 0 Å². The van der Waals surface area contributed by atoms with Crippen LogP contribution >= 0.6 is 0 Å². The predicted molar refractivity (Wildman–Crippen MR) is 82.3 cm³/mol. The number of likely N-dealkylation sites (N-methyl/N-ethyl adjacent to an activating group) is 1. The van der Waals surface area contributed by atoms with E-state index in [2.05, 4.69) is 25.6 Å². The molecule has 0 spiro atoms. The molecule has 1 heterocycles.